The fraction of sp³-hybridized carbons (Fsp3) is 0.435. The van der Waals surface area contributed by atoms with Crippen LogP contribution in [-0.2, 0) is 16.0 Å². The molecule has 2 saturated heterocycles. The van der Waals surface area contributed by atoms with E-state index in [0.29, 0.717) is 18.7 Å². The van der Waals surface area contributed by atoms with Gasteiger partial charge in [0.15, 0.2) is 0 Å². The van der Waals surface area contributed by atoms with Crippen LogP contribution in [0.2, 0.25) is 0 Å². The number of nitrogen functional groups attached to an aromatic ring is 1. The molecule has 2 aromatic rings. The lowest BCUT2D eigenvalue weighted by atomic mass is 9.83. The lowest BCUT2D eigenvalue weighted by Crippen LogP contribution is -2.31. The second-order valence-corrected chi connectivity index (χ2v) is 8.10. The number of nitrogens with two attached hydrogens (primary N) is 1. The summed E-state index contributed by atoms with van der Waals surface area (Å²) in [5, 5.41) is 9.61. The van der Waals surface area contributed by atoms with Gasteiger partial charge in [-0.05, 0) is 67.5 Å². The highest BCUT2D eigenvalue weighted by atomic mass is 16.5. The van der Waals surface area contributed by atoms with Crippen LogP contribution in [0.1, 0.15) is 41.9 Å². The van der Waals surface area contributed by atoms with Crippen molar-refractivity contribution < 1.29 is 14.6 Å². The van der Waals surface area contributed by atoms with Crippen molar-refractivity contribution in [2.24, 2.45) is 5.92 Å². The Balaban J connectivity index is 1.52. The highest BCUT2D eigenvalue weighted by Crippen LogP contribution is 2.35. The Labute approximate surface area is 166 Å². The Hall–Kier alpha value is -2.69. The van der Waals surface area contributed by atoms with Crippen LogP contribution in [0.5, 0.6) is 5.75 Å². The molecule has 2 aliphatic heterocycles. The number of aryl methyl sites for hydroxylation is 1. The number of phenols is 1. The Bertz CT molecular complexity index is 874. The molecule has 0 spiro atoms. The molecule has 148 valence electrons. The number of nitrogens with zero attached hydrogens (tertiary/aromatic N) is 1. The number of carbonyl (C=O) groups excluding carboxylic acids is 1. The smallest absolute Gasteiger partial charge is 0.309 e. The zero-order chi connectivity index (χ0) is 19.7. The van der Waals surface area contributed by atoms with Crippen molar-refractivity contribution in [1.82, 2.24) is 0 Å². The van der Waals surface area contributed by atoms with Gasteiger partial charge in [-0.2, -0.15) is 0 Å². The van der Waals surface area contributed by atoms with Crippen LogP contribution in [0, 0.1) is 12.8 Å². The lowest BCUT2D eigenvalue weighted by molar-refractivity contribution is -0.154. The number of hydrogen-bond donors (Lipinski definition) is 2. The topological polar surface area (TPSA) is 75.8 Å². The van der Waals surface area contributed by atoms with Crippen LogP contribution < -0.4 is 10.6 Å². The molecule has 3 N–H and O–H groups in total. The maximum absolute atomic E-state index is 12.3. The van der Waals surface area contributed by atoms with Gasteiger partial charge in [0.25, 0.3) is 0 Å². The Morgan fingerprint density at radius 2 is 1.96 bits per heavy atom. The number of phenolic OH excluding ortho intramolecular Hbond substituents is 1. The number of aromatic hydroxyl groups is 1. The maximum Gasteiger partial charge on any atom is 0.309 e. The first kappa shape index (κ1) is 18.7. The van der Waals surface area contributed by atoms with Crippen molar-refractivity contribution in [3.63, 3.8) is 0 Å². The molecular formula is C23H28N2O3. The van der Waals surface area contributed by atoms with Gasteiger partial charge in [0.2, 0.25) is 0 Å². The van der Waals surface area contributed by atoms with Gasteiger partial charge in [0, 0.05) is 24.7 Å². The number of rotatable bonds is 4. The average Bonchev–Trinajstić information content (AvgIpc) is 3.21. The first-order chi connectivity index (χ1) is 13.5. The quantitative estimate of drug-likeness (QED) is 0.480. The molecule has 0 amide bonds. The van der Waals surface area contributed by atoms with Crippen LogP contribution in [0.4, 0.5) is 11.4 Å². The van der Waals surface area contributed by atoms with Gasteiger partial charge in [-0.25, -0.2) is 0 Å². The van der Waals surface area contributed by atoms with Crippen LogP contribution in [0.3, 0.4) is 0 Å². The van der Waals surface area contributed by atoms with Crippen LogP contribution in [-0.4, -0.2) is 30.8 Å². The summed E-state index contributed by atoms with van der Waals surface area (Å²) in [6, 6.07) is 11.8. The van der Waals surface area contributed by atoms with E-state index in [-0.39, 0.29) is 23.6 Å². The normalized spacial score (nSPS) is 22.3. The van der Waals surface area contributed by atoms with Gasteiger partial charge >= 0.3 is 5.97 Å². The fourth-order valence-corrected chi connectivity index (χ4v) is 4.40. The third-order valence-electron chi connectivity index (χ3n) is 6.05. The number of carbonyl (C=O) groups is 1. The van der Waals surface area contributed by atoms with Crippen LogP contribution in [0.15, 0.2) is 36.4 Å². The van der Waals surface area contributed by atoms with Gasteiger partial charge in [-0.1, -0.05) is 18.2 Å². The van der Waals surface area contributed by atoms with Gasteiger partial charge in [-0.15, -0.1) is 0 Å². The summed E-state index contributed by atoms with van der Waals surface area (Å²) in [5.41, 5.74) is 10.9. The first-order valence-corrected chi connectivity index (χ1v) is 10.1. The maximum atomic E-state index is 12.3. The van der Waals surface area contributed by atoms with E-state index in [4.69, 9.17) is 10.5 Å². The number of anilines is 2. The molecule has 2 aliphatic rings. The molecule has 2 atom stereocenters. The molecule has 0 aromatic heterocycles. The summed E-state index contributed by atoms with van der Waals surface area (Å²) in [4.78, 5) is 14.8. The minimum absolute atomic E-state index is 0.0712. The summed E-state index contributed by atoms with van der Waals surface area (Å²) >= 11 is 0. The van der Waals surface area contributed by atoms with Gasteiger partial charge < -0.3 is 20.5 Å². The fourth-order valence-electron chi connectivity index (χ4n) is 4.40. The molecule has 0 saturated carbocycles. The largest absolute Gasteiger partial charge is 0.506 e. The summed E-state index contributed by atoms with van der Waals surface area (Å²) in [5.74, 6) is -0.0601. The van der Waals surface area contributed by atoms with Gasteiger partial charge in [-0.3, -0.25) is 4.79 Å². The van der Waals surface area contributed by atoms with Crippen molar-refractivity contribution in [3.05, 3.63) is 53.1 Å². The van der Waals surface area contributed by atoms with Crippen LogP contribution in [0.25, 0.3) is 0 Å². The highest BCUT2D eigenvalue weighted by Gasteiger charge is 2.32. The number of benzene rings is 2. The Kier molecular flexibility index (Phi) is 5.16. The van der Waals surface area contributed by atoms with Gasteiger partial charge in [0.05, 0.1) is 18.2 Å². The molecule has 0 radical (unpaired) electrons. The molecule has 2 heterocycles. The molecule has 5 nitrogen and oxygen atoms in total. The number of cyclic esters (lactones) is 1. The van der Waals surface area contributed by atoms with E-state index in [1.165, 1.54) is 29.7 Å². The zero-order valence-corrected chi connectivity index (χ0v) is 16.4. The second-order valence-electron chi connectivity index (χ2n) is 8.10. The molecular weight excluding hydrogens is 352 g/mol. The molecule has 2 unspecified atom stereocenters. The molecule has 0 aliphatic carbocycles. The summed E-state index contributed by atoms with van der Waals surface area (Å²) in [6.07, 6.45) is 3.85. The Morgan fingerprint density at radius 1 is 1.18 bits per heavy atom. The predicted octanol–water partition coefficient (Wildman–Crippen LogP) is 3.77. The molecule has 4 rings (SSSR count). The Morgan fingerprint density at radius 3 is 2.71 bits per heavy atom. The average molecular weight is 380 g/mol. The number of ether oxygens (including phenoxy) is 1. The van der Waals surface area contributed by atoms with E-state index in [2.05, 4.69) is 30.0 Å². The summed E-state index contributed by atoms with van der Waals surface area (Å²) in [6.45, 7) is 4.84. The van der Waals surface area contributed by atoms with Crippen molar-refractivity contribution >= 4 is 17.3 Å². The molecule has 2 aromatic carbocycles. The van der Waals surface area contributed by atoms with E-state index in [0.717, 1.165) is 25.1 Å². The van der Waals surface area contributed by atoms with Crippen molar-refractivity contribution in [2.45, 2.75) is 38.5 Å². The van der Waals surface area contributed by atoms with Crippen LogP contribution >= 0.6 is 0 Å². The second kappa shape index (κ2) is 7.74. The third kappa shape index (κ3) is 3.79. The standard InChI is InChI=1S/C23H28N2O3/c1-15-4-6-17(13-21(15)25-8-2-3-9-25)19-12-18(23(27)28-14-19)10-16-5-7-22(26)20(24)11-16/h4-7,11,13,18-19,26H,2-3,8-10,12,14,24H2,1H3. The molecule has 0 bridgehead atoms. The number of hydrogen-bond acceptors (Lipinski definition) is 5. The molecule has 2 fully saturated rings. The van der Waals surface area contributed by atoms with E-state index >= 15 is 0 Å². The molecule has 28 heavy (non-hydrogen) atoms. The van der Waals surface area contributed by atoms with Crippen molar-refractivity contribution in [2.75, 3.05) is 30.3 Å². The first-order valence-electron chi connectivity index (χ1n) is 10.1. The minimum atomic E-state index is -0.195. The number of esters is 1. The van der Waals surface area contributed by atoms with E-state index in [9.17, 15) is 9.90 Å². The van der Waals surface area contributed by atoms with E-state index in [1.54, 1.807) is 12.1 Å². The van der Waals surface area contributed by atoms with E-state index < -0.39 is 0 Å². The minimum Gasteiger partial charge on any atom is -0.506 e. The monoisotopic (exact) mass is 380 g/mol. The predicted molar refractivity (Wildman–Crippen MR) is 111 cm³/mol. The third-order valence-corrected chi connectivity index (χ3v) is 6.05. The lowest BCUT2D eigenvalue weighted by Gasteiger charge is -2.30. The zero-order valence-electron chi connectivity index (χ0n) is 16.4. The van der Waals surface area contributed by atoms with Gasteiger partial charge in [0.1, 0.15) is 5.75 Å². The van der Waals surface area contributed by atoms with E-state index in [1.807, 2.05) is 6.07 Å². The van der Waals surface area contributed by atoms with Crippen molar-refractivity contribution in [3.8, 4) is 5.75 Å². The van der Waals surface area contributed by atoms with Crippen molar-refractivity contribution in [1.29, 1.82) is 0 Å². The SMILES string of the molecule is Cc1ccc(C2COC(=O)C(Cc3ccc(O)c(N)c3)C2)cc1N1CCCC1. The molecule has 5 heteroatoms. The highest BCUT2D eigenvalue weighted by molar-refractivity contribution is 5.74. The summed E-state index contributed by atoms with van der Waals surface area (Å²) in [7, 11) is 0. The summed E-state index contributed by atoms with van der Waals surface area (Å²) < 4.78 is 5.55.